The average molecular weight is 471 g/mol. The highest BCUT2D eigenvalue weighted by Crippen LogP contribution is 2.10. The number of aromatic nitrogens is 3. The highest BCUT2D eigenvalue weighted by atomic mass is 127. The van der Waals surface area contributed by atoms with Crippen molar-refractivity contribution < 1.29 is 0 Å². The third-order valence-electron chi connectivity index (χ3n) is 3.60. The lowest BCUT2D eigenvalue weighted by molar-refractivity contribution is 0.761. The van der Waals surface area contributed by atoms with Crippen molar-refractivity contribution in [3.63, 3.8) is 0 Å². The number of nitrogens with zero attached hydrogens (tertiary/aromatic N) is 4. The molecule has 0 aliphatic rings. The third kappa shape index (κ3) is 5.30. The van der Waals surface area contributed by atoms with Gasteiger partial charge in [-0.1, -0.05) is 29.8 Å². The quantitative estimate of drug-likeness (QED) is 0.342. The van der Waals surface area contributed by atoms with Gasteiger partial charge in [0.1, 0.15) is 5.82 Å². The highest BCUT2D eigenvalue weighted by Gasteiger charge is 2.05. The molecule has 2 N–H and O–H groups in total. The summed E-state index contributed by atoms with van der Waals surface area (Å²) in [6.07, 6.45) is 2.72. The Labute approximate surface area is 168 Å². The molecule has 3 aromatic rings. The van der Waals surface area contributed by atoms with E-state index in [0.717, 1.165) is 34.4 Å². The zero-order valence-electron chi connectivity index (χ0n) is 13.8. The fourth-order valence-electron chi connectivity index (χ4n) is 2.41. The number of aliphatic imine (C=N–C) groups is 1. The predicted molar refractivity (Wildman–Crippen MR) is 112 cm³/mol. The van der Waals surface area contributed by atoms with Crippen molar-refractivity contribution >= 4 is 47.2 Å². The van der Waals surface area contributed by atoms with Crippen LogP contribution in [0, 0.1) is 0 Å². The molecule has 25 heavy (non-hydrogen) atoms. The number of halogens is 2. The van der Waals surface area contributed by atoms with Gasteiger partial charge in [0.05, 0.1) is 0 Å². The second-order valence-electron chi connectivity index (χ2n) is 5.28. The summed E-state index contributed by atoms with van der Waals surface area (Å²) in [7, 11) is 1.75. The van der Waals surface area contributed by atoms with Gasteiger partial charge in [-0.25, -0.2) is 0 Å². The van der Waals surface area contributed by atoms with E-state index in [4.69, 9.17) is 11.6 Å². The van der Waals surface area contributed by atoms with E-state index in [1.54, 1.807) is 7.05 Å². The topological polar surface area (TPSA) is 66.6 Å². The summed E-state index contributed by atoms with van der Waals surface area (Å²) < 4.78 is 1.99. The van der Waals surface area contributed by atoms with E-state index >= 15 is 0 Å². The summed E-state index contributed by atoms with van der Waals surface area (Å²) in [5.41, 5.74) is 1.96. The highest BCUT2D eigenvalue weighted by molar-refractivity contribution is 14.0. The van der Waals surface area contributed by atoms with Crippen LogP contribution in [0.4, 0.5) is 0 Å². The summed E-state index contributed by atoms with van der Waals surface area (Å²) in [6, 6.07) is 13.6. The van der Waals surface area contributed by atoms with Crippen LogP contribution >= 0.6 is 35.6 Å². The first kappa shape index (κ1) is 19.5. The molecular weight excluding hydrogens is 451 g/mol. The lowest BCUT2D eigenvalue weighted by atomic mass is 10.2. The summed E-state index contributed by atoms with van der Waals surface area (Å²) in [6.45, 7) is 1.37. The van der Waals surface area contributed by atoms with Crippen molar-refractivity contribution in [1.29, 1.82) is 0 Å². The van der Waals surface area contributed by atoms with Crippen molar-refractivity contribution in [2.24, 2.45) is 4.99 Å². The van der Waals surface area contributed by atoms with Gasteiger partial charge in [-0.3, -0.25) is 9.39 Å². The molecule has 0 saturated heterocycles. The minimum absolute atomic E-state index is 0. The third-order valence-corrected chi connectivity index (χ3v) is 3.83. The Morgan fingerprint density at radius 1 is 1.16 bits per heavy atom. The molecule has 132 valence electrons. The van der Waals surface area contributed by atoms with Crippen LogP contribution in [0.1, 0.15) is 11.4 Å². The van der Waals surface area contributed by atoms with Crippen LogP contribution in [0.3, 0.4) is 0 Å². The van der Waals surface area contributed by atoms with Crippen molar-refractivity contribution in [1.82, 2.24) is 25.2 Å². The molecule has 0 amide bonds. The molecule has 0 bridgehead atoms. The van der Waals surface area contributed by atoms with Crippen LogP contribution in [0.5, 0.6) is 0 Å². The summed E-state index contributed by atoms with van der Waals surface area (Å²) in [4.78, 5) is 4.23. The van der Waals surface area contributed by atoms with Crippen molar-refractivity contribution in [3.05, 3.63) is 65.1 Å². The van der Waals surface area contributed by atoms with Gasteiger partial charge in [0.15, 0.2) is 11.6 Å². The van der Waals surface area contributed by atoms with Gasteiger partial charge >= 0.3 is 0 Å². The van der Waals surface area contributed by atoms with Gasteiger partial charge in [0.2, 0.25) is 0 Å². The summed E-state index contributed by atoms with van der Waals surface area (Å²) in [5, 5.41) is 15.6. The Bertz CT molecular complexity index is 848. The Hall–Kier alpha value is -1.87. The standard InChI is InChI=1S/C17H19ClN6.HI/c1-19-17(21-12-13-5-4-6-14(18)11-13)20-9-8-16-23-22-15-7-2-3-10-24(15)16;/h2-7,10-11H,8-9,12H2,1H3,(H2,19,20,21);1H. The largest absolute Gasteiger partial charge is 0.356 e. The van der Waals surface area contributed by atoms with Gasteiger partial charge in [0, 0.05) is 37.8 Å². The summed E-state index contributed by atoms with van der Waals surface area (Å²) >= 11 is 5.99. The van der Waals surface area contributed by atoms with E-state index in [0.29, 0.717) is 13.1 Å². The maximum atomic E-state index is 5.99. The maximum absolute atomic E-state index is 5.99. The molecule has 2 heterocycles. The van der Waals surface area contributed by atoms with Crippen molar-refractivity contribution in [2.45, 2.75) is 13.0 Å². The SMILES string of the molecule is CN=C(NCCc1nnc2ccccn12)NCc1cccc(Cl)c1.I. The number of benzene rings is 1. The smallest absolute Gasteiger partial charge is 0.191 e. The number of hydrogen-bond acceptors (Lipinski definition) is 3. The number of fused-ring (bicyclic) bond motifs is 1. The lowest BCUT2D eigenvalue weighted by Crippen LogP contribution is -2.38. The number of nitrogens with one attached hydrogen (secondary N) is 2. The first-order chi connectivity index (χ1) is 11.8. The average Bonchev–Trinajstić information content (AvgIpc) is 3.01. The summed E-state index contributed by atoms with van der Waals surface area (Å²) in [5.74, 6) is 1.66. The molecule has 0 saturated carbocycles. The van der Waals surface area contributed by atoms with Crippen molar-refractivity contribution in [3.8, 4) is 0 Å². The first-order valence-electron chi connectivity index (χ1n) is 7.74. The fraction of sp³-hybridized carbons (Fsp3) is 0.235. The lowest BCUT2D eigenvalue weighted by Gasteiger charge is -2.11. The van der Waals surface area contributed by atoms with E-state index in [-0.39, 0.29) is 24.0 Å². The predicted octanol–water partition coefficient (Wildman–Crippen LogP) is 2.91. The monoisotopic (exact) mass is 470 g/mol. The van der Waals surface area contributed by atoms with Crippen LogP contribution in [0.15, 0.2) is 53.7 Å². The molecule has 0 atom stereocenters. The number of pyridine rings is 1. The van der Waals surface area contributed by atoms with E-state index in [2.05, 4.69) is 25.8 Å². The molecule has 3 rings (SSSR count). The van der Waals surface area contributed by atoms with Crippen LogP contribution in [-0.2, 0) is 13.0 Å². The second-order valence-corrected chi connectivity index (χ2v) is 5.71. The fourth-order valence-corrected chi connectivity index (χ4v) is 2.62. The second kappa shape index (κ2) is 9.57. The molecule has 1 aromatic carbocycles. The number of guanidine groups is 1. The zero-order chi connectivity index (χ0) is 16.8. The van der Waals surface area contributed by atoms with E-state index in [9.17, 15) is 0 Å². The molecule has 0 fully saturated rings. The van der Waals surface area contributed by atoms with Gasteiger partial charge in [0.25, 0.3) is 0 Å². The Morgan fingerprint density at radius 3 is 2.84 bits per heavy atom. The van der Waals surface area contributed by atoms with Crippen LogP contribution < -0.4 is 10.6 Å². The minimum Gasteiger partial charge on any atom is -0.356 e. The normalized spacial score (nSPS) is 11.2. The van der Waals surface area contributed by atoms with E-state index in [1.165, 1.54) is 0 Å². The van der Waals surface area contributed by atoms with Crippen LogP contribution in [0.2, 0.25) is 5.02 Å². The first-order valence-corrected chi connectivity index (χ1v) is 8.11. The Balaban J connectivity index is 0.00000225. The van der Waals surface area contributed by atoms with Crippen molar-refractivity contribution in [2.75, 3.05) is 13.6 Å². The molecule has 2 aromatic heterocycles. The van der Waals surface area contributed by atoms with Gasteiger partial charge in [-0.05, 0) is 29.8 Å². The molecule has 0 aliphatic carbocycles. The van der Waals surface area contributed by atoms with Gasteiger partial charge in [-0.2, -0.15) is 0 Å². The molecule has 8 heteroatoms. The molecular formula is C17H20ClIN6. The maximum Gasteiger partial charge on any atom is 0.191 e. The number of hydrogen-bond donors (Lipinski definition) is 2. The van der Waals surface area contributed by atoms with Crippen LogP contribution in [0.25, 0.3) is 5.65 Å². The minimum atomic E-state index is 0. The molecule has 0 radical (unpaired) electrons. The molecule has 0 aliphatic heterocycles. The Morgan fingerprint density at radius 2 is 2.04 bits per heavy atom. The zero-order valence-corrected chi connectivity index (χ0v) is 16.9. The molecule has 6 nitrogen and oxygen atoms in total. The molecule has 0 spiro atoms. The van der Waals surface area contributed by atoms with E-state index in [1.807, 2.05) is 53.1 Å². The van der Waals surface area contributed by atoms with Gasteiger partial charge < -0.3 is 10.6 Å². The number of rotatable bonds is 5. The molecule has 0 unspecified atom stereocenters. The van der Waals surface area contributed by atoms with Gasteiger partial charge in [-0.15, -0.1) is 34.2 Å². The van der Waals surface area contributed by atoms with E-state index < -0.39 is 0 Å². The Kier molecular flexibility index (Phi) is 7.45. The van der Waals surface area contributed by atoms with Crippen LogP contribution in [-0.4, -0.2) is 34.2 Å².